The maximum Gasteiger partial charge on any atom is 0.267 e. The highest BCUT2D eigenvalue weighted by Crippen LogP contribution is 2.34. The van der Waals surface area contributed by atoms with Crippen LogP contribution in [-0.4, -0.2) is 18.8 Å². The van der Waals surface area contributed by atoms with Crippen molar-refractivity contribution in [1.82, 2.24) is 4.57 Å². The molecule has 0 aliphatic rings. The Morgan fingerprint density at radius 1 is 1.14 bits per heavy atom. The molecule has 0 spiro atoms. The van der Waals surface area contributed by atoms with Crippen molar-refractivity contribution in [3.05, 3.63) is 18.7 Å². The molecule has 0 aliphatic carbocycles. The predicted molar refractivity (Wildman–Crippen MR) is 80.6 cm³/mol. The molecular weight excluding hydrogens is 291 g/mol. The number of hydrogen-bond acceptors (Lipinski definition) is 4. The molecule has 21 heavy (non-hydrogen) atoms. The summed E-state index contributed by atoms with van der Waals surface area (Å²) in [4.78, 5) is 9.95. The van der Waals surface area contributed by atoms with Crippen molar-refractivity contribution in [3.63, 3.8) is 0 Å². The minimum Gasteiger partial charge on any atom is -0.756 e. The summed E-state index contributed by atoms with van der Waals surface area (Å²) < 4.78 is 22.0. The molecule has 0 aromatic carbocycles. The third-order valence-corrected chi connectivity index (χ3v) is 3.94. The summed E-state index contributed by atoms with van der Waals surface area (Å²) in [5.74, 6) is 0. The van der Waals surface area contributed by atoms with Crippen LogP contribution in [0.25, 0.3) is 0 Å². The van der Waals surface area contributed by atoms with E-state index in [1.54, 1.807) is 0 Å². The minimum atomic E-state index is -3.90. The van der Waals surface area contributed by atoms with Crippen molar-refractivity contribution < 1.29 is 23.1 Å². The fraction of sp³-hybridized carbons (Fsp3) is 0.786. The van der Waals surface area contributed by atoms with E-state index in [4.69, 9.17) is 0 Å². The van der Waals surface area contributed by atoms with Gasteiger partial charge >= 0.3 is 0 Å². The van der Waals surface area contributed by atoms with Crippen LogP contribution in [0.2, 0.25) is 0 Å². The Labute approximate surface area is 128 Å². The monoisotopic (exact) mass is 320 g/mol. The van der Waals surface area contributed by atoms with Crippen LogP contribution < -0.4 is 9.46 Å². The first kappa shape index (κ1) is 20.3. The van der Waals surface area contributed by atoms with Gasteiger partial charge in [0.15, 0.2) is 0 Å². The van der Waals surface area contributed by atoms with Gasteiger partial charge in [0.25, 0.3) is 7.82 Å². The van der Waals surface area contributed by atoms with Crippen LogP contribution in [-0.2, 0) is 27.2 Å². The van der Waals surface area contributed by atoms with E-state index >= 15 is 0 Å². The number of rotatable bonds is 9. The van der Waals surface area contributed by atoms with Gasteiger partial charge in [0.05, 0.1) is 13.6 Å². The molecule has 0 radical (unpaired) electrons. The van der Waals surface area contributed by atoms with Gasteiger partial charge in [-0.05, 0) is 12.8 Å². The molecule has 124 valence electrons. The van der Waals surface area contributed by atoms with Gasteiger partial charge in [-0.2, -0.15) is 0 Å². The lowest BCUT2D eigenvalue weighted by Gasteiger charge is -2.16. The quantitative estimate of drug-likeness (QED) is 0.398. The first-order chi connectivity index (χ1) is 9.95. The molecule has 1 aromatic rings. The van der Waals surface area contributed by atoms with E-state index in [0.717, 1.165) is 14.2 Å². The number of unbranched alkanes of at least 4 members (excludes halogenated alkanes) is 5. The van der Waals surface area contributed by atoms with Crippen LogP contribution >= 0.6 is 7.82 Å². The Morgan fingerprint density at radius 2 is 1.71 bits per heavy atom. The Hall–Kier alpha value is -0.680. The minimum absolute atomic E-state index is 1.04. The standard InChI is InChI=1S/C12H23N2.C2H7O4P/c1-3-4-5-6-7-8-9-14-11-10-13(2)12-14;1-5-7(3,4)6-2/h10-12H,3-9H2,1-2H3;1-2H3,(H,3,4)/q+1;/p-1. The normalized spacial score (nSPS) is 11.1. The Bertz CT molecular complexity index is 401. The van der Waals surface area contributed by atoms with E-state index in [-0.39, 0.29) is 0 Å². The number of aromatic nitrogens is 2. The Kier molecular flexibility index (Phi) is 11.5. The summed E-state index contributed by atoms with van der Waals surface area (Å²) in [6.45, 7) is 3.44. The second-order valence-corrected chi connectivity index (χ2v) is 6.52. The number of nitrogens with zero attached hydrogens (tertiary/aromatic N) is 2. The lowest BCUT2D eigenvalue weighted by molar-refractivity contribution is -0.671. The summed E-state index contributed by atoms with van der Waals surface area (Å²) >= 11 is 0. The van der Waals surface area contributed by atoms with Crippen LogP contribution in [0.15, 0.2) is 18.7 Å². The zero-order valence-electron chi connectivity index (χ0n) is 13.7. The molecule has 1 aromatic heterocycles. The first-order valence-electron chi connectivity index (χ1n) is 7.38. The summed E-state index contributed by atoms with van der Waals surface area (Å²) in [6.07, 6.45) is 14.6. The highest BCUT2D eigenvalue weighted by Gasteiger charge is 1.99. The fourth-order valence-electron chi connectivity index (χ4n) is 1.78. The van der Waals surface area contributed by atoms with Crippen molar-refractivity contribution in [1.29, 1.82) is 0 Å². The SMILES string of the molecule is CCCCCCCCn1cc[n+](C)c1.COP(=O)([O-])OC. The molecule has 1 rings (SSSR count). The summed E-state index contributed by atoms with van der Waals surface area (Å²) in [5.41, 5.74) is 0. The van der Waals surface area contributed by atoms with Crippen molar-refractivity contribution >= 4 is 7.82 Å². The maximum atomic E-state index is 9.95. The number of imidazole rings is 1. The second kappa shape index (κ2) is 11.9. The molecular formula is C14H29N2O4P. The molecule has 0 bridgehead atoms. The van der Waals surface area contributed by atoms with E-state index in [2.05, 4.69) is 50.9 Å². The van der Waals surface area contributed by atoms with Crippen LogP contribution in [0.4, 0.5) is 0 Å². The number of aryl methyl sites for hydroxylation is 2. The van der Waals surface area contributed by atoms with E-state index in [0.29, 0.717) is 0 Å². The zero-order valence-corrected chi connectivity index (χ0v) is 14.6. The number of phosphoric ester groups is 1. The molecule has 1 heterocycles. The second-order valence-electron chi connectivity index (χ2n) is 4.90. The van der Waals surface area contributed by atoms with Crippen LogP contribution in [0, 0.1) is 0 Å². The Morgan fingerprint density at radius 3 is 2.14 bits per heavy atom. The van der Waals surface area contributed by atoms with Gasteiger partial charge in [0, 0.05) is 14.2 Å². The van der Waals surface area contributed by atoms with Gasteiger partial charge in [-0.3, -0.25) is 4.57 Å². The van der Waals surface area contributed by atoms with Crippen LogP contribution in [0.3, 0.4) is 0 Å². The van der Waals surface area contributed by atoms with E-state index in [1.807, 2.05) is 0 Å². The first-order valence-corrected chi connectivity index (χ1v) is 8.84. The molecule has 6 nitrogen and oxygen atoms in total. The van der Waals surface area contributed by atoms with Gasteiger partial charge < -0.3 is 13.9 Å². The number of hydrogen-bond donors (Lipinski definition) is 0. The molecule has 0 amide bonds. The molecule has 0 saturated carbocycles. The van der Waals surface area contributed by atoms with Gasteiger partial charge in [0.1, 0.15) is 12.4 Å². The van der Waals surface area contributed by atoms with Crippen LogP contribution in [0.1, 0.15) is 45.4 Å². The maximum absolute atomic E-state index is 9.95. The molecule has 0 atom stereocenters. The van der Waals surface area contributed by atoms with Crippen molar-refractivity contribution in [2.45, 2.75) is 52.0 Å². The molecule has 0 unspecified atom stereocenters. The van der Waals surface area contributed by atoms with E-state index < -0.39 is 7.82 Å². The highest BCUT2D eigenvalue weighted by molar-refractivity contribution is 7.45. The molecule has 0 N–H and O–H groups in total. The lowest BCUT2D eigenvalue weighted by atomic mass is 10.1. The predicted octanol–water partition coefficient (Wildman–Crippen LogP) is 2.42. The highest BCUT2D eigenvalue weighted by atomic mass is 31.2. The lowest BCUT2D eigenvalue weighted by Crippen LogP contribution is -2.23. The van der Waals surface area contributed by atoms with Crippen molar-refractivity contribution in [3.8, 4) is 0 Å². The third kappa shape index (κ3) is 11.6. The largest absolute Gasteiger partial charge is 0.756 e. The Balaban J connectivity index is 0.000000486. The topological polar surface area (TPSA) is 67.4 Å². The van der Waals surface area contributed by atoms with Gasteiger partial charge in [-0.1, -0.05) is 32.6 Å². The van der Waals surface area contributed by atoms with Crippen LogP contribution in [0.5, 0.6) is 0 Å². The molecule has 7 heteroatoms. The van der Waals surface area contributed by atoms with Gasteiger partial charge in [-0.15, -0.1) is 0 Å². The average molecular weight is 320 g/mol. The zero-order chi connectivity index (χ0) is 16.1. The smallest absolute Gasteiger partial charge is 0.267 e. The number of phosphoric acid groups is 1. The molecule has 0 aliphatic heterocycles. The van der Waals surface area contributed by atoms with Crippen molar-refractivity contribution in [2.75, 3.05) is 14.2 Å². The van der Waals surface area contributed by atoms with Gasteiger partial charge in [-0.25, -0.2) is 9.13 Å². The van der Waals surface area contributed by atoms with Gasteiger partial charge in [0.2, 0.25) is 6.33 Å². The average Bonchev–Trinajstić information content (AvgIpc) is 2.89. The molecule has 0 saturated heterocycles. The molecule has 0 fully saturated rings. The summed E-state index contributed by atoms with van der Waals surface area (Å²) in [7, 11) is 0.241. The van der Waals surface area contributed by atoms with E-state index in [9.17, 15) is 9.46 Å². The fourth-order valence-corrected chi connectivity index (χ4v) is 1.93. The van der Waals surface area contributed by atoms with E-state index in [1.165, 1.54) is 45.1 Å². The summed E-state index contributed by atoms with van der Waals surface area (Å²) in [5, 5.41) is 0. The summed E-state index contributed by atoms with van der Waals surface area (Å²) in [6, 6.07) is 0. The third-order valence-electron chi connectivity index (χ3n) is 3.04. The van der Waals surface area contributed by atoms with Crippen molar-refractivity contribution in [2.24, 2.45) is 7.05 Å².